The lowest BCUT2D eigenvalue weighted by Crippen LogP contribution is -1.86. The molecule has 0 aliphatic rings. The standard InChI is InChI=1S/C10H14.C10H12.C3H6.6C2H6.C2H4/c1-7-5-8(2)10(4)9(3)6-7;1-8(2)10-6-4-5-9(3)7-10;1-3-2;7*1-2/h5-6H,1-4H3;4-7H,1H2,2-3H3;3H,1H2,2H3;6*1-2H3;1-2H2. The molecule has 220 valence electrons. The Bertz CT molecular complexity index is 636. The maximum atomic E-state index is 3.87. The molecule has 2 rings (SSSR count). The van der Waals surface area contributed by atoms with E-state index in [4.69, 9.17) is 0 Å². The number of hydrogen-bond donors (Lipinski definition) is 0. The topological polar surface area (TPSA) is 0 Å². The van der Waals surface area contributed by atoms with Crippen LogP contribution in [-0.2, 0) is 0 Å². The maximum Gasteiger partial charge on any atom is -0.0231 e. The van der Waals surface area contributed by atoms with Crippen molar-refractivity contribution in [1.29, 1.82) is 0 Å². The molecule has 0 spiro atoms. The van der Waals surface area contributed by atoms with Gasteiger partial charge in [0.05, 0.1) is 0 Å². The van der Waals surface area contributed by atoms with Crippen molar-refractivity contribution in [1.82, 2.24) is 0 Å². The van der Waals surface area contributed by atoms with E-state index in [9.17, 15) is 0 Å². The monoisotopic (exact) mass is 517 g/mol. The Balaban J connectivity index is -0.0000000483. The Morgan fingerprint density at radius 2 is 0.892 bits per heavy atom. The summed E-state index contributed by atoms with van der Waals surface area (Å²) in [4.78, 5) is 0. The van der Waals surface area contributed by atoms with Gasteiger partial charge in [-0.25, -0.2) is 0 Å². The van der Waals surface area contributed by atoms with Crippen LogP contribution in [0.2, 0.25) is 0 Å². The van der Waals surface area contributed by atoms with Gasteiger partial charge in [-0.3, -0.25) is 0 Å². The Morgan fingerprint density at radius 3 is 1.11 bits per heavy atom. The lowest BCUT2D eigenvalue weighted by molar-refractivity contribution is 1.23. The van der Waals surface area contributed by atoms with Crippen LogP contribution in [0, 0.1) is 34.6 Å². The highest BCUT2D eigenvalue weighted by molar-refractivity contribution is 5.61. The van der Waals surface area contributed by atoms with Crippen molar-refractivity contribution in [3.8, 4) is 0 Å². The van der Waals surface area contributed by atoms with Gasteiger partial charge < -0.3 is 0 Å². The van der Waals surface area contributed by atoms with Crippen LogP contribution in [0.25, 0.3) is 5.57 Å². The molecule has 0 aliphatic heterocycles. The van der Waals surface area contributed by atoms with E-state index in [1.807, 2.05) is 96.9 Å². The third-order valence-corrected chi connectivity index (χ3v) is 3.58. The first kappa shape index (κ1) is 55.3. The maximum absolute atomic E-state index is 3.87. The molecule has 0 amide bonds. The molecule has 0 radical (unpaired) electrons. The van der Waals surface area contributed by atoms with E-state index in [0.717, 1.165) is 5.57 Å². The van der Waals surface area contributed by atoms with Crippen LogP contribution in [0.15, 0.2) is 68.8 Å². The van der Waals surface area contributed by atoms with Gasteiger partial charge in [0.15, 0.2) is 0 Å². The van der Waals surface area contributed by atoms with Gasteiger partial charge in [0.1, 0.15) is 0 Å². The molecule has 2 aromatic carbocycles. The first-order valence-corrected chi connectivity index (χ1v) is 14.6. The Labute approximate surface area is 239 Å². The minimum absolute atomic E-state index is 1.13. The zero-order valence-electron chi connectivity index (χ0n) is 29.4. The average Bonchev–Trinajstić information content (AvgIpc) is 2.96. The molecule has 0 heteroatoms. The van der Waals surface area contributed by atoms with E-state index >= 15 is 0 Å². The summed E-state index contributed by atoms with van der Waals surface area (Å²) in [6.07, 6.45) is 1.75. The third-order valence-electron chi connectivity index (χ3n) is 3.58. The van der Waals surface area contributed by atoms with E-state index in [-0.39, 0.29) is 0 Å². The van der Waals surface area contributed by atoms with Gasteiger partial charge >= 0.3 is 0 Å². The van der Waals surface area contributed by atoms with E-state index in [0.29, 0.717) is 0 Å². The van der Waals surface area contributed by atoms with E-state index < -0.39 is 0 Å². The molecule has 0 saturated heterocycles. The summed E-state index contributed by atoms with van der Waals surface area (Å²) in [6.45, 7) is 51.9. The molecule has 0 bridgehead atoms. The highest BCUT2D eigenvalue weighted by Gasteiger charge is 1.96. The quantitative estimate of drug-likeness (QED) is 0.330. The molecular formula is C37H72. The smallest absolute Gasteiger partial charge is 0.0231 e. The largest absolute Gasteiger partial charge is 0.106 e. The first-order valence-electron chi connectivity index (χ1n) is 14.6. The Hall–Kier alpha value is -2.34. The second-order valence-electron chi connectivity index (χ2n) is 6.08. The molecular weight excluding hydrogens is 444 g/mol. The molecule has 0 nitrogen and oxygen atoms in total. The summed E-state index contributed by atoms with van der Waals surface area (Å²) in [5.41, 5.74) is 9.24. The van der Waals surface area contributed by atoms with Gasteiger partial charge in [-0.2, -0.15) is 0 Å². The molecule has 0 heterocycles. The fraction of sp³-hybridized carbons (Fsp3) is 0.514. The van der Waals surface area contributed by atoms with Gasteiger partial charge in [0.25, 0.3) is 0 Å². The molecule has 0 atom stereocenters. The second kappa shape index (κ2) is 54.5. The third kappa shape index (κ3) is 44.1. The van der Waals surface area contributed by atoms with Crippen molar-refractivity contribution in [2.45, 2.75) is 132 Å². The molecule has 0 saturated carbocycles. The summed E-state index contributed by atoms with van der Waals surface area (Å²) in [5.74, 6) is 0. The van der Waals surface area contributed by atoms with Crippen LogP contribution in [0.1, 0.15) is 130 Å². The molecule has 0 unspecified atom stereocenters. The van der Waals surface area contributed by atoms with Crippen LogP contribution in [0.3, 0.4) is 0 Å². The molecule has 37 heavy (non-hydrogen) atoms. The van der Waals surface area contributed by atoms with Crippen molar-refractivity contribution in [3.63, 3.8) is 0 Å². The van der Waals surface area contributed by atoms with Gasteiger partial charge in [0, 0.05) is 0 Å². The van der Waals surface area contributed by atoms with E-state index in [2.05, 4.69) is 97.3 Å². The molecule has 2 aromatic rings. The zero-order valence-corrected chi connectivity index (χ0v) is 29.4. The zero-order chi connectivity index (χ0) is 32.0. The highest BCUT2D eigenvalue weighted by atomic mass is 14.0. The van der Waals surface area contributed by atoms with Crippen molar-refractivity contribution < 1.29 is 0 Å². The van der Waals surface area contributed by atoms with Crippen molar-refractivity contribution in [3.05, 3.63) is 102 Å². The number of hydrogen-bond acceptors (Lipinski definition) is 0. The number of allylic oxidation sites excluding steroid dienone is 2. The van der Waals surface area contributed by atoms with Gasteiger partial charge in [-0.1, -0.05) is 149 Å². The molecule has 0 aliphatic carbocycles. The Kier molecular flexibility index (Phi) is 81.4. The minimum Gasteiger partial charge on any atom is -0.106 e. The van der Waals surface area contributed by atoms with Crippen LogP contribution in [0.4, 0.5) is 0 Å². The van der Waals surface area contributed by atoms with Crippen molar-refractivity contribution >= 4 is 5.57 Å². The molecule has 0 fully saturated rings. The van der Waals surface area contributed by atoms with Crippen LogP contribution in [-0.4, -0.2) is 0 Å². The normalized spacial score (nSPS) is 6.68. The predicted octanol–water partition coefficient (Wildman–Crippen LogP) is 14.1. The summed E-state index contributed by atoms with van der Waals surface area (Å²) in [7, 11) is 0. The second-order valence-corrected chi connectivity index (χ2v) is 6.08. The SMILES string of the molecule is C=C.C=C(C)c1cccc(C)c1.C=CC.CC.CC.CC.CC.CC.CC.Cc1cc(C)c(C)c(C)c1. The van der Waals surface area contributed by atoms with Crippen molar-refractivity contribution in [2.75, 3.05) is 0 Å². The number of aryl methyl sites for hydroxylation is 4. The molecule has 0 N–H and O–H groups in total. The first-order chi connectivity index (χ1) is 17.7. The Morgan fingerprint density at radius 1 is 0.595 bits per heavy atom. The number of benzene rings is 2. The summed E-state index contributed by atoms with van der Waals surface area (Å²) < 4.78 is 0. The lowest BCUT2D eigenvalue weighted by atomic mass is 10.0. The van der Waals surface area contributed by atoms with Crippen LogP contribution >= 0.6 is 0 Å². The fourth-order valence-corrected chi connectivity index (χ4v) is 2.16. The fourth-order valence-electron chi connectivity index (χ4n) is 2.16. The summed E-state index contributed by atoms with van der Waals surface area (Å²) >= 11 is 0. The summed E-state index contributed by atoms with van der Waals surface area (Å²) in [5, 5.41) is 0. The highest BCUT2D eigenvalue weighted by Crippen LogP contribution is 2.14. The predicted molar refractivity (Wildman–Crippen MR) is 186 cm³/mol. The number of rotatable bonds is 1. The average molecular weight is 517 g/mol. The van der Waals surface area contributed by atoms with Gasteiger partial charge in [0.2, 0.25) is 0 Å². The van der Waals surface area contributed by atoms with E-state index in [1.165, 1.54) is 33.4 Å². The lowest BCUT2D eigenvalue weighted by Gasteiger charge is -2.04. The van der Waals surface area contributed by atoms with E-state index in [1.54, 1.807) is 6.08 Å². The molecule has 0 aromatic heterocycles. The van der Waals surface area contributed by atoms with Gasteiger partial charge in [-0.05, 0) is 70.7 Å². The minimum atomic E-state index is 1.13. The van der Waals surface area contributed by atoms with Crippen LogP contribution < -0.4 is 0 Å². The van der Waals surface area contributed by atoms with Crippen molar-refractivity contribution in [2.24, 2.45) is 0 Å². The van der Waals surface area contributed by atoms with Gasteiger partial charge in [-0.15, -0.1) is 19.7 Å². The van der Waals surface area contributed by atoms with Crippen LogP contribution in [0.5, 0.6) is 0 Å². The summed E-state index contributed by atoms with van der Waals surface area (Å²) in [6, 6.07) is 12.8.